The first-order chi connectivity index (χ1) is 14.4. The molecule has 5 rings (SSSR count). The number of carbonyl (C=O) groups is 1. The summed E-state index contributed by atoms with van der Waals surface area (Å²) < 4.78 is 0. The molecule has 7 nitrogen and oxygen atoms in total. The van der Waals surface area contributed by atoms with Crippen LogP contribution in [-0.2, 0) is 5.41 Å². The van der Waals surface area contributed by atoms with Crippen molar-refractivity contribution < 1.29 is 4.79 Å². The van der Waals surface area contributed by atoms with Gasteiger partial charge in [-0.05, 0) is 12.1 Å². The zero-order valence-electron chi connectivity index (χ0n) is 17.6. The van der Waals surface area contributed by atoms with Crippen LogP contribution in [0.5, 0.6) is 0 Å². The number of likely N-dealkylation sites (tertiary alicyclic amines) is 1. The Labute approximate surface area is 176 Å². The van der Waals surface area contributed by atoms with Gasteiger partial charge in [0.25, 0.3) is 5.91 Å². The summed E-state index contributed by atoms with van der Waals surface area (Å²) >= 11 is 0. The van der Waals surface area contributed by atoms with E-state index in [1.54, 1.807) is 12.5 Å². The lowest BCUT2D eigenvalue weighted by atomic mass is 9.92. The van der Waals surface area contributed by atoms with Crippen molar-refractivity contribution in [2.45, 2.75) is 26.2 Å². The van der Waals surface area contributed by atoms with E-state index in [0.717, 1.165) is 48.7 Å². The third-order valence-corrected chi connectivity index (χ3v) is 6.19. The van der Waals surface area contributed by atoms with Crippen LogP contribution in [0.4, 0.5) is 5.82 Å². The summed E-state index contributed by atoms with van der Waals surface area (Å²) in [7, 11) is 0. The van der Waals surface area contributed by atoms with Gasteiger partial charge in [-0.3, -0.25) is 9.78 Å². The van der Waals surface area contributed by atoms with Crippen LogP contribution in [0.3, 0.4) is 0 Å². The molecule has 0 aliphatic carbocycles. The number of benzene rings is 1. The Bertz CT molecular complexity index is 1090. The fourth-order valence-electron chi connectivity index (χ4n) is 4.50. The number of rotatable bonds is 2. The minimum Gasteiger partial charge on any atom is -0.356 e. The van der Waals surface area contributed by atoms with Gasteiger partial charge in [0.15, 0.2) is 0 Å². The molecule has 1 amide bonds. The quantitative estimate of drug-likeness (QED) is 0.656. The maximum Gasteiger partial charge on any atom is 0.274 e. The Morgan fingerprint density at radius 2 is 1.67 bits per heavy atom. The maximum atomic E-state index is 13.0. The normalized spacial score (nSPS) is 21.3. The van der Waals surface area contributed by atoms with E-state index in [-0.39, 0.29) is 11.3 Å². The van der Waals surface area contributed by atoms with E-state index in [0.29, 0.717) is 17.5 Å². The molecule has 2 unspecified atom stereocenters. The zero-order chi connectivity index (χ0) is 20.9. The molecule has 0 N–H and O–H groups in total. The molecule has 30 heavy (non-hydrogen) atoms. The van der Waals surface area contributed by atoms with Crippen LogP contribution in [0, 0.1) is 11.8 Å². The second kappa shape index (κ2) is 7.00. The molecule has 0 spiro atoms. The van der Waals surface area contributed by atoms with E-state index < -0.39 is 0 Å². The minimum atomic E-state index is -0.0220. The number of para-hydroxylation sites is 2. The molecule has 2 aromatic heterocycles. The van der Waals surface area contributed by atoms with Gasteiger partial charge < -0.3 is 9.80 Å². The van der Waals surface area contributed by atoms with Crippen molar-refractivity contribution in [3.05, 3.63) is 54.2 Å². The molecule has 0 saturated carbocycles. The van der Waals surface area contributed by atoms with E-state index in [1.807, 2.05) is 29.2 Å². The molecule has 7 heteroatoms. The van der Waals surface area contributed by atoms with Gasteiger partial charge in [-0.1, -0.05) is 32.9 Å². The van der Waals surface area contributed by atoms with Gasteiger partial charge in [-0.2, -0.15) is 0 Å². The van der Waals surface area contributed by atoms with E-state index in [2.05, 4.69) is 51.7 Å². The molecule has 2 atom stereocenters. The second-order valence-corrected chi connectivity index (χ2v) is 9.39. The summed E-state index contributed by atoms with van der Waals surface area (Å²) in [5, 5.41) is 0. The van der Waals surface area contributed by atoms with Crippen molar-refractivity contribution in [2.75, 3.05) is 31.1 Å². The second-order valence-electron chi connectivity index (χ2n) is 9.39. The van der Waals surface area contributed by atoms with Crippen molar-refractivity contribution in [1.29, 1.82) is 0 Å². The van der Waals surface area contributed by atoms with Crippen molar-refractivity contribution >= 4 is 22.8 Å². The summed E-state index contributed by atoms with van der Waals surface area (Å²) in [5.41, 5.74) is 3.04. The molecule has 1 aromatic carbocycles. The summed E-state index contributed by atoms with van der Waals surface area (Å²) in [4.78, 5) is 35.2. The predicted molar refractivity (Wildman–Crippen MR) is 115 cm³/mol. The number of hydrogen-bond donors (Lipinski definition) is 0. The third kappa shape index (κ3) is 3.38. The van der Waals surface area contributed by atoms with Gasteiger partial charge in [0.05, 0.1) is 22.9 Å². The van der Waals surface area contributed by atoms with Gasteiger partial charge in [-0.15, -0.1) is 0 Å². The van der Waals surface area contributed by atoms with Crippen LogP contribution in [0.15, 0.2) is 42.9 Å². The standard InChI is InChI=1S/C23H26N6O/c1-23(2,3)20-8-21(26-14-25-20)28-10-15-12-29(13-16(15)11-28)22(30)19-9-24-17-6-4-5-7-18(17)27-19/h4-9,14-16H,10-13H2,1-3H3. The molecule has 2 aliphatic heterocycles. The predicted octanol–water partition coefficient (Wildman–Crippen LogP) is 2.93. The average Bonchev–Trinajstić information content (AvgIpc) is 3.32. The Morgan fingerprint density at radius 3 is 2.37 bits per heavy atom. The first kappa shape index (κ1) is 18.9. The summed E-state index contributed by atoms with van der Waals surface area (Å²) in [6.45, 7) is 9.83. The first-order valence-corrected chi connectivity index (χ1v) is 10.5. The average molecular weight is 403 g/mol. The number of anilines is 1. The van der Waals surface area contributed by atoms with Gasteiger partial charge >= 0.3 is 0 Å². The zero-order valence-corrected chi connectivity index (χ0v) is 17.6. The lowest BCUT2D eigenvalue weighted by Gasteiger charge is -2.24. The lowest BCUT2D eigenvalue weighted by molar-refractivity contribution is 0.0776. The smallest absolute Gasteiger partial charge is 0.274 e. The Balaban J connectivity index is 1.28. The molecule has 2 saturated heterocycles. The molecular weight excluding hydrogens is 376 g/mol. The molecule has 0 radical (unpaired) electrons. The summed E-state index contributed by atoms with van der Waals surface area (Å²) in [5.74, 6) is 1.87. The maximum absolute atomic E-state index is 13.0. The van der Waals surface area contributed by atoms with Crippen molar-refractivity contribution in [3.63, 3.8) is 0 Å². The van der Waals surface area contributed by atoms with Crippen molar-refractivity contribution in [1.82, 2.24) is 24.8 Å². The Morgan fingerprint density at radius 1 is 0.967 bits per heavy atom. The Hall–Kier alpha value is -3.09. The van der Waals surface area contributed by atoms with E-state index in [9.17, 15) is 4.79 Å². The van der Waals surface area contributed by atoms with Crippen LogP contribution in [0.1, 0.15) is 37.0 Å². The number of hydrogen-bond acceptors (Lipinski definition) is 6. The van der Waals surface area contributed by atoms with Crippen LogP contribution in [0.2, 0.25) is 0 Å². The van der Waals surface area contributed by atoms with E-state index in [1.165, 1.54) is 0 Å². The fourth-order valence-corrected chi connectivity index (χ4v) is 4.50. The number of nitrogens with zero attached hydrogens (tertiary/aromatic N) is 6. The van der Waals surface area contributed by atoms with Crippen LogP contribution < -0.4 is 4.90 Å². The third-order valence-electron chi connectivity index (χ3n) is 6.19. The van der Waals surface area contributed by atoms with Gasteiger partial charge in [-0.25, -0.2) is 15.0 Å². The first-order valence-electron chi connectivity index (χ1n) is 10.5. The summed E-state index contributed by atoms with van der Waals surface area (Å²) in [6, 6.07) is 9.74. The van der Waals surface area contributed by atoms with Crippen molar-refractivity contribution in [3.8, 4) is 0 Å². The summed E-state index contributed by atoms with van der Waals surface area (Å²) in [6.07, 6.45) is 3.26. The van der Waals surface area contributed by atoms with Gasteiger partial charge in [0, 0.05) is 49.5 Å². The van der Waals surface area contributed by atoms with Crippen molar-refractivity contribution in [2.24, 2.45) is 11.8 Å². The van der Waals surface area contributed by atoms with E-state index in [4.69, 9.17) is 0 Å². The largest absolute Gasteiger partial charge is 0.356 e. The molecule has 3 aromatic rings. The van der Waals surface area contributed by atoms with Gasteiger partial charge in [0.2, 0.25) is 0 Å². The Kier molecular flexibility index (Phi) is 4.41. The molecule has 154 valence electrons. The fraction of sp³-hybridized carbons (Fsp3) is 0.435. The highest BCUT2D eigenvalue weighted by molar-refractivity contribution is 5.94. The van der Waals surface area contributed by atoms with Crippen LogP contribution in [-0.4, -0.2) is 56.9 Å². The number of fused-ring (bicyclic) bond motifs is 2. The number of carbonyl (C=O) groups excluding carboxylic acids is 1. The van der Waals surface area contributed by atoms with Crippen LogP contribution in [0.25, 0.3) is 11.0 Å². The molecule has 2 fully saturated rings. The number of amides is 1. The van der Waals surface area contributed by atoms with E-state index >= 15 is 0 Å². The molecule has 0 bridgehead atoms. The van der Waals surface area contributed by atoms with Gasteiger partial charge in [0.1, 0.15) is 17.8 Å². The highest BCUT2D eigenvalue weighted by atomic mass is 16.2. The highest BCUT2D eigenvalue weighted by Gasteiger charge is 2.42. The monoisotopic (exact) mass is 402 g/mol. The number of aromatic nitrogens is 4. The molecule has 4 heterocycles. The highest BCUT2D eigenvalue weighted by Crippen LogP contribution is 2.34. The minimum absolute atomic E-state index is 0.00258. The SMILES string of the molecule is CC(C)(C)c1cc(N2CC3CN(C(=O)c4cnc5ccccc5n4)CC3C2)ncn1. The van der Waals surface area contributed by atoms with Crippen LogP contribution >= 0.6 is 0 Å². The molecule has 2 aliphatic rings. The lowest BCUT2D eigenvalue weighted by Crippen LogP contribution is -2.34. The molecular formula is C23H26N6O. The topological polar surface area (TPSA) is 75.1 Å².